The Hall–Kier alpha value is -2.21. The van der Waals surface area contributed by atoms with Gasteiger partial charge >= 0.3 is 0 Å². The number of aryl methyl sites for hydroxylation is 5. The summed E-state index contributed by atoms with van der Waals surface area (Å²) < 4.78 is 4.92. The lowest BCUT2D eigenvalue weighted by molar-refractivity contribution is 0.0992. The van der Waals surface area contributed by atoms with Gasteiger partial charge in [-0.3, -0.25) is 9.48 Å². The number of nitrogens with zero attached hydrogens (tertiary/aromatic N) is 4. The van der Waals surface area contributed by atoms with Crippen molar-refractivity contribution in [3.8, 4) is 0 Å². The maximum Gasteiger partial charge on any atom is 0.300 e. The van der Waals surface area contributed by atoms with E-state index in [0.29, 0.717) is 5.69 Å². The Morgan fingerprint density at radius 2 is 2.00 bits per heavy atom. The van der Waals surface area contributed by atoms with Gasteiger partial charge in [0.1, 0.15) is 0 Å². The van der Waals surface area contributed by atoms with E-state index in [4.69, 9.17) is 0 Å². The molecule has 0 spiro atoms. The predicted octanol–water partition coefficient (Wildman–Crippen LogP) is 3.12. The number of rotatable bonds is 2. The largest absolute Gasteiger partial charge is 0.317 e. The summed E-state index contributed by atoms with van der Waals surface area (Å²) in [4.78, 5) is 17.6. The molecular formula is C17H20N4OS. The number of fused-ring (bicyclic) bond motifs is 1. The van der Waals surface area contributed by atoms with Crippen LogP contribution >= 0.6 is 11.3 Å². The number of amides is 1. The molecule has 1 aromatic carbocycles. The summed E-state index contributed by atoms with van der Waals surface area (Å²) in [6.45, 7) is 8.90. The molecule has 1 amide bonds. The van der Waals surface area contributed by atoms with Crippen molar-refractivity contribution in [2.24, 2.45) is 12.0 Å². The van der Waals surface area contributed by atoms with Crippen molar-refractivity contribution in [1.82, 2.24) is 14.3 Å². The quantitative estimate of drug-likeness (QED) is 0.726. The normalized spacial score (nSPS) is 12.3. The van der Waals surface area contributed by atoms with Gasteiger partial charge in [0.2, 0.25) is 0 Å². The first-order valence-electron chi connectivity index (χ1n) is 7.60. The fourth-order valence-electron chi connectivity index (χ4n) is 2.86. The van der Waals surface area contributed by atoms with Crippen LogP contribution in [0.1, 0.15) is 34.1 Å². The molecule has 0 saturated carbocycles. The monoisotopic (exact) mass is 328 g/mol. The highest BCUT2D eigenvalue weighted by atomic mass is 32.1. The molecule has 2 aromatic heterocycles. The van der Waals surface area contributed by atoms with Crippen molar-refractivity contribution in [2.45, 2.75) is 34.2 Å². The maximum absolute atomic E-state index is 12.5. The molecule has 0 fully saturated rings. The highest BCUT2D eigenvalue weighted by molar-refractivity contribution is 7.16. The average molecular weight is 328 g/mol. The third-order valence-corrected chi connectivity index (χ3v) is 5.07. The number of hydrogen-bond donors (Lipinski definition) is 0. The number of carbonyl (C=O) groups excluding carboxylic acids is 1. The highest BCUT2D eigenvalue weighted by Crippen LogP contribution is 2.23. The molecule has 3 rings (SSSR count). The third-order valence-electron chi connectivity index (χ3n) is 3.84. The van der Waals surface area contributed by atoms with Gasteiger partial charge in [0, 0.05) is 25.4 Å². The fraction of sp³-hybridized carbons (Fsp3) is 0.353. The molecule has 0 N–H and O–H groups in total. The van der Waals surface area contributed by atoms with E-state index in [1.165, 1.54) is 15.8 Å². The molecule has 0 radical (unpaired) electrons. The molecule has 0 atom stereocenters. The zero-order chi connectivity index (χ0) is 16.7. The molecule has 0 saturated heterocycles. The second-order valence-electron chi connectivity index (χ2n) is 5.81. The Kier molecular flexibility index (Phi) is 3.93. The lowest BCUT2D eigenvalue weighted by atomic mass is 10.1. The Morgan fingerprint density at radius 1 is 1.26 bits per heavy atom. The molecule has 0 unspecified atom stereocenters. The summed E-state index contributed by atoms with van der Waals surface area (Å²) in [6.07, 6.45) is 1.83. The molecule has 0 bridgehead atoms. The van der Waals surface area contributed by atoms with E-state index in [-0.39, 0.29) is 5.91 Å². The Bertz CT molecular complexity index is 975. The minimum Gasteiger partial charge on any atom is -0.317 e. The molecule has 0 aliphatic carbocycles. The second-order valence-corrected chi connectivity index (χ2v) is 6.79. The van der Waals surface area contributed by atoms with Crippen LogP contribution in [-0.2, 0) is 13.6 Å². The Morgan fingerprint density at radius 3 is 2.61 bits per heavy atom. The summed E-state index contributed by atoms with van der Waals surface area (Å²) >= 11 is 1.56. The SMILES string of the molecule is CCn1c(=NC(=O)c2nn(C)cc2C)sc2c(C)cc(C)cc21. The molecule has 2 heterocycles. The van der Waals surface area contributed by atoms with E-state index in [1.54, 1.807) is 16.0 Å². The van der Waals surface area contributed by atoms with Crippen LogP contribution in [0.3, 0.4) is 0 Å². The van der Waals surface area contributed by atoms with Gasteiger partial charge in [0.25, 0.3) is 5.91 Å². The summed E-state index contributed by atoms with van der Waals surface area (Å²) in [5, 5.41) is 4.22. The van der Waals surface area contributed by atoms with E-state index in [0.717, 1.165) is 22.4 Å². The van der Waals surface area contributed by atoms with Crippen LogP contribution in [0.5, 0.6) is 0 Å². The second kappa shape index (κ2) is 5.77. The van der Waals surface area contributed by atoms with E-state index < -0.39 is 0 Å². The molecular weight excluding hydrogens is 308 g/mol. The van der Waals surface area contributed by atoms with Gasteiger partial charge in [-0.05, 0) is 44.9 Å². The number of hydrogen-bond acceptors (Lipinski definition) is 3. The van der Waals surface area contributed by atoms with Gasteiger partial charge in [-0.1, -0.05) is 17.4 Å². The van der Waals surface area contributed by atoms with E-state index in [2.05, 4.69) is 47.6 Å². The van der Waals surface area contributed by atoms with Crippen molar-refractivity contribution in [3.63, 3.8) is 0 Å². The van der Waals surface area contributed by atoms with Gasteiger partial charge in [-0.25, -0.2) is 0 Å². The van der Waals surface area contributed by atoms with Crippen molar-refractivity contribution in [1.29, 1.82) is 0 Å². The number of carbonyl (C=O) groups is 1. The van der Waals surface area contributed by atoms with Crippen molar-refractivity contribution >= 4 is 27.5 Å². The topological polar surface area (TPSA) is 52.2 Å². The minimum atomic E-state index is -0.286. The van der Waals surface area contributed by atoms with Crippen LogP contribution in [0.25, 0.3) is 10.2 Å². The lowest BCUT2D eigenvalue weighted by Crippen LogP contribution is -2.16. The predicted molar refractivity (Wildman–Crippen MR) is 92.8 cm³/mol. The summed E-state index contributed by atoms with van der Waals surface area (Å²) in [5.41, 5.74) is 4.83. The zero-order valence-electron chi connectivity index (χ0n) is 14.0. The van der Waals surface area contributed by atoms with Crippen LogP contribution in [0.4, 0.5) is 0 Å². The third kappa shape index (κ3) is 2.74. The van der Waals surface area contributed by atoms with E-state index in [9.17, 15) is 4.79 Å². The molecule has 5 nitrogen and oxygen atoms in total. The standard InChI is InChI=1S/C17H20N4OS/c1-6-21-13-8-10(2)7-11(3)15(13)23-17(21)18-16(22)14-12(4)9-20(5)19-14/h7-9H,6H2,1-5H3. The summed E-state index contributed by atoms with van der Waals surface area (Å²) in [6, 6.07) is 4.31. The van der Waals surface area contributed by atoms with Crippen LogP contribution in [-0.4, -0.2) is 20.3 Å². The Balaban J connectivity index is 2.21. The molecule has 3 aromatic rings. The number of benzene rings is 1. The fourth-order valence-corrected chi connectivity index (χ4v) is 4.00. The van der Waals surface area contributed by atoms with Gasteiger partial charge < -0.3 is 4.57 Å². The van der Waals surface area contributed by atoms with Crippen LogP contribution in [0, 0.1) is 20.8 Å². The summed E-state index contributed by atoms with van der Waals surface area (Å²) in [5.74, 6) is -0.286. The maximum atomic E-state index is 12.5. The van der Waals surface area contributed by atoms with Crippen molar-refractivity contribution in [2.75, 3.05) is 0 Å². The van der Waals surface area contributed by atoms with E-state index >= 15 is 0 Å². The van der Waals surface area contributed by atoms with Crippen LogP contribution < -0.4 is 4.80 Å². The van der Waals surface area contributed by atoms with Crippen LogP contribution in [0.2, 0.25) is 0 Å². The minimum absolute atomic E-state index is 0.286. The van der Waals surface area contributed by atoms with Gasteiger partial charge in [-0.15, -0.1) is 0 Å². The first-order valence-corrected chi connectivity index (χ1v) is 8.42. The van der Waals surface area contributed by atoms with Crippen LogP contribution in [0.15, 0.2) is 23.3 Å². The van der Waals surface area contributed by atoms with Crippen molar-refractivity contribution < 1.29 is 4.79 Å². The van der Waals surface area contributed by atoms with Crippen molar-refractivity contribution in [3.05, 3.63) is 45.5 Å². The lowest BCUT2D eigenvalue weighted by Gasteiger charge is -2.03. The molecule has 6 heteroatoms. The number of aromatic nitrogens is 3. The highest BCUT2D eigenvalue weighted by Gasteiger charge is 2.14. The average Bonchev–Trinajstić information content (AvgIpc) is 2.98. The Labute approximate surface area is 138 Å². The molecule has 23 heavy (non-hydrogen) atoms. The molecule has 0 aliphatic rings. The molecule has 120 valence electrons. The summed E-state index contributed by atoms with van der Waals surface area (Å²) in [7, 11) is 1.81. The van der Waals surface area contributed by atoms with Gasteiger partial charge in [-0.2, -0.15) is 10.1 Å². The van der Waals surface area contributed by atoms with Gasteiger partial charge in [0.05, 0.1) is 10.2 Å². The number of thiazole rings is 1. The van der Waals surface area contributed by atoms with E-state index in [1.807, 2.05) is 20.2 Å². The zero-order valence-corrected chi connectivity index (χ0v) is 14.9. The first-order chi connectivity index (χ1) is 10.9. The smallest absolute Gasteiger partial charge is 0.300 e. The first kappa shape index (κ1) is 15.7. The van der Waals surface area contributed by atoms with Gasteiger partial charge in [0.15, 0.2) is 10.5 Å². The molecule has 0 aliphatic heterocycles.